The van der Waals surface area contributed by atoms with Gasteiger partial charge in [0.25, 0.3) is 0 Å². The van der Waals surface area contributed by atoms with E-state index in [-0.39, 0.29) is 12.5 Å². The van der Waals surface area contributed by atoms with Gasteiger partial charge in [-0.3, -0.25) is 4.79 Å². The summed E-state index contributed by atoms with van der Waals surface area (Å²) in [6, 6.07) is 2.44. The summed E-state index contributed by atoms with van der Waals surface area (Å²) < 4.78 is 6.51. The third kappa shape index (κ3) is 4.23. The predicted octanol–water partition coefficient (Wildman–Crippen LogP) is 2.11. The molecule has 0 aliphatic heterocycles. The molecule has 0 spiro atoms. The zero-order valence-electron chi connectivity index (χ0n) is 10.9. The van der Waals surface area contributed by atoms with E-state index >= 15 is 0 Å². The molecule has 4 heteroatoms. The maximum atomic E-state index is 11.2. The number of methoxy groups -OCH3 is 1. The first-order chi connectivity index (χ1) is 8.21. The van der Waals surface area contributed by atoms with Crippen molar-refractivity contribution in [1.29, 1.82) is 0 Å². The van der Waals surface area contributed by atoms with Crippen LogP contribution in [0.2, 0.25) is 0 Å². The highest BCUT2D eigenvalue weighted by Crippen LogP contribution is 2.18. The van der Waals surface area contributed by atoms with Crippen LogP contribution in [0, 0.1) is 0 Å². The molecule has 1 heterocycles. The summed E-state index contributed by atoms with van der Waals surface area (Å²) in [6.07, 6.45) is 6.18. The summed E-state index contributed by atoms with van der Waals surface area (Å²) in [5.41, 5.74) is 1.23. The number of nitrogens with one attached hydrogen (secondary N) is 1. The maximum Gasteiger partial charge on any atom is 0.325 e. The van der Waals surface area contributed by atoms with Crippen molar-refractivity contribution in [1.82, 2.24) is 9.88 Å². The van der Waals surface area contributed by atoms with Gasteiger partial charge in [-0.15, -0.1) is 0 Å². The Morgan fingerprint density at radius 2 is 2.29 bits per heavy atom. The molecule has 1 atom stereocenters. The molecule has 1 N–H and O–H groups in total. The van der Waals surface area contributed by atoms with Crippen LogP contribution in [-0.2, 0) is 16.1 Å². The van der Waals surface area contributed by atoms with E-state index in [9.17, 15) is 4.79 Å². The molecule has 1 aromatic rings. The number of rotatable bonds is 7. The average molecular weight is 238 g/mol. The molecule has 4 nitrogen and oxygen atoms in total. The van der Waals surface area contributed by atoms with Crippen LogP contribution in [0.4, 0.5) is 0 Å². The molecular formula is C13H22N2O2. The fraction of sp³-hybridized carbons (Fsp3) is 0.615. The Bertz CT molecular complexity index is 341. The quantitative estimate of drug-likeness (QED) is 0.740. The van der Waals surface area contributed by atoms with Gasteiger partial charge in [-0.2, -0.15) is 0 Å². The standard InChI is InChI=1S/C13H22N2O2/c1-4-6-12(14-5-2)11-7-8-15(9-11)10-13(16)17-3/h7-9,12,14H,4-6,10H2,1-3H3. The molecule has 0 radical (unpaired) electrons. The van der Waals surface area contributed by atoms with E-state index in [2.05, 4.69) is 30.0 Å². The summed E-state index contributed by atoms with van der Waals surface area (Å²) in [6.45, 7) is 5.51. The molecule has 0 aromatic carbocycles. The minimum Gasteiger partial charge on any atom is -0.468 e. The minimum absolute atomic E-state index is 0.220. The van der Waals surface area contributed by atoms with Crippen molar-refractivity contribution in [3.05, 3.63) is 24.0 Å². The van der Waals surface area contributed by atoms with Gasteiger partial charge in [0, 0.05) is 18.4 Å². The maximum absolute atomic E-state index is 11.2. The van der Waals surface area contributed by atoms with Gasteiger partial charge in [0.15, 0.2) is 0 Å². The van der Waals surface area contributed by atoms with E-state index in [0.717, 1.165) is 19.4 Å². The van der Waals surface area contributed by atoms with Gasteiger partial charge < -0.3 is 14.6 Å². The summed E-state index contributed by atoms with van der Waals surface area (Å²) >= 11 is 0. The van der Waals surface area contributed by atoms with Gasteiger partial charge in [-0.05, 0) is 24.6 Å². The minimum atomic E-state index is -0.220. The molecule has 0 amide bonds. The van der Waals surface area contributed by atoms with Gasteiger partial charge in [-0.25, -0.2) is 0 Å². The van der Waals surface area contributed by atoms with Crippen LogP contribution in [0.5, 0.6) is 0 Å². The molecule has 1 aromatic heterocycles. The molecule has 0 fully saturated rings. The first-order valence-electron chi connectivity index (χ1n) is 6.17. The normalized spacial score (nSPS) is 12.4. The second kappa shape index (κ2) is 7.12. The number of hydrogen-bond acceptors (Lipinski definition) is 3. The monoisotopic (exact) mass is 238 g/mol. The number of esters is 1. The van der Waals surface area contributed by atoms with Crippen molar-refractivity contribution < 1.29 is 9.53 Å². The molecule has 1 rings (SSSR count). The Morgan fingerprint density at radius 3 is 2.88 bits per heavy atom. The lowest BCUT2D eigenvalue weighted by atomic mass is 10.1. The molecule has 17 heavy (non-hydrogen) atoms. The Morgan fingerprint density at radius 1 is 1.53 bits per heavy atom. The van der Waals surface area contributed by atoms with Crippen molar-refractivity contribution in [2.75, 3.05) is 13.7 Å². The Kier molecular flexibility index (Phi) is 5.77. The van der Waals surface area contributed by atoms with E-state index in [4.69, 9.17) is 0 Å². The van der Waals surface area contributed by atoms with Crippen LogP contribution in [0.15, 0.2) is 18.5 Å². The fourth-order valence-electron chi connectivity index (χ4n) is 1.90. The lowest BCUT2D eigenvalue weighted by molar-refractivity contribution is -0.141. The molecule has 0 aliphatic rings. The van der Waals surface area contributed by atoms with Crippen molar-refractivity contribution >= 4 is 5.97 Å². The van der Waals surface area contributed by atoms with Crippen LogP contribution in [0.1, 0.15) is 38.3 Å². The zero-order chi connectivity index (χ0) is 12.7. The number of carbonyl (C=O) groups is 1. The number of hydrogen-bond donors (Lipinski definition) is 1. The van der Waals surface area contributed by atoms with Gasteiger partial charge in [-0.1, -0.05) is 20.3 Å². The lowest BCUT2D eigenvalue weighted by Gasteiger charge is -2.15. The summed E-state index contributed by atoms with van der Waals surface area (Å²) in [4.78, 5) is 11.2. The van der Waals surface area contributed by atoms with E-state index < -0.39 is 0 Å². The lowest BCUT2D eigenvalue weighted by Crippen LogP contribution is -2.20. The average Bonchev–Trinajstić information content (AvgIpc) is 2.77. The number of aromatic nitrogens is 1. The number of carbonyl (C=O) groups excluding carboxylic acids is 1. The highest BCUT2D eigenvalue weighted by atomic mass is 16.5. The van der Waals surface area contributed by atoms with Gasteiger partial charge >= 0.3 is 5.97 Å². The first-order valence-corrected chi connectivity index (χ1v) is 6.17. The van der Waals surface area contributed by atoms with E-state index in [1.807, 2.05) is 17.0 Å². The summed E-state index contributed by atoms with van der Waals surface area (Å²) in [5.74, 6) is -0.220. The largest absolute Gasteiger partial charge is 0.468 e. The van der Waals surface area contributed by atoms with Crippen molar-refractivity contribution in [3.63, 3.8) is 0 Å². The number of nitrogens with zero attached hydrogens (tertiary/aromatic N) is 1. The Hall–Kier alpha value is -1.29. The van der Waals surface area contributed by atoms with Gasteiger partial charge in [0.05, 0.1) is 7.11 Å². The highest BCUT2D eigenvalue weighted by molar-refractivity contribution is 5.68. The van der Waals surface area contributed by atoms with Crippen LogP contribution >= 0.6 is 0 Å². The van der Waals surface area contributed by atoms with E-state index in [1.165, 1.54) is 12.7 Å². The second-order valence-electron chi connectivity index (χ2n) is 4.09. The topological polar surface area (TPSA) is 43.3 Å². The van der Waals surface area contributed by atoms with Gasteiger partial charge in [0.2, 0.25) is 0 Å². The Labute approximate surface area is 103 Å². The van der Waals surface area contributed by atoms with Gasteiger partial charge in [0.1, 0.15) is 6.54 Å². The summed E-state index contributed by atoms with van der Waals surface area (Å²) in [7, 11) is 1.41. The number of ether oxygens (including phenoxy) is 1. The predicted molar refractivity (Wildman–Crippen MR) is 67.8 cm³/mol. The van der Waals surface area contributed by atoms with Crippen molar-refractivity contribution in [2.24, 2.45) is 0 Å². The van der Waals surface area contributed by atoms with Crippen LogP contribution in [0.3, 0.4) is 0 Å². The van der Waals surface area contributed by atoms with Crippen molar-refractivity contribution in [2.45, 2.75) is 39.3 Å². The molecule has 0 bridgehead atoms. The zero-order valence-corrected chi connectivity index (χ0v) is 10.9. The Balaban J connectivity index is 2.66. The molecule has 0 saturated carbocycles. The fourth-order valence-corrected chi connectivity index (χ4v) is 1.90. The molecule has 96 valence electrons. The summed E-state index contributed by atoms with van der Waals surface area (Å²) in [5, 5.41) is 3.45. The molecule has 0 aliphatic carbocycles. The van der Waals surface area contributed by atoms with Crippen LogP contribution < -0.4 is 5.32 Å². The SMILES string of the molecule is CCCC(NCC)c1ccn(CC(=O)OC)c1. The van der Waals surface area contributed by atoms with Crippen LogP contribution in [-0.4, -0.2) is 24.2 Å². The third-order valence-electron chi connectivity index (χ3n) is 2.74. The van der Waals surface area contributed by atoms with Crippen LogP contribution in [0.25, 0.3) is 0 Å². The van der Waals surface area contributed by atoms with E-state index in [0.29, 0.717) is 6.04 Å². The highest BCUT2D eigenvalue weighted by Gasteiger charge is 2.11. The first kappa shape index (κ1) is 13.8. The van der Waals surface area contributed by atoms with Crippen molar-refractivity contribution in [3.8, 4) is 0 Å². The smallest absolute Gasteiger partial charge is 0.325 e. The molecule has 0 saturated heterocycles. The second-order valence-corrected chi connectivity index (χ2v) is 4.09. The molecule has 1 unspecified atom stereocenters. The molecular weight excluding hydrogens is 216 g/mol. The van der Waals surface area contributed by atoms with E-state index in [1.54, 1.807) is 0 Å². The third-order valence-corrected chi connectivity index (χ3v) is 2.74.